The number of nitrogens with zero attached hydrogens (tertiary/aromatic N) is 4. The van der Waals surface area contributed by atoms with Crippen LogP contribution in [0.1, 0.15) is 58.7 Å². The summed E-state index contributed by atoms with van der Waals surface area (Å²) in [6, 6.07) is 0. The minimum atomic E-state index is -0.427. The van der Waals surface area contributed by atoms with Gasteiger partial charge in [0.05, 0.1) is 19.3 Å². The SMILES string of the molecule is C[C@H](OC[C@H]1CCCCO1)C(=O)N1CCN(Cc2noc(C(C)(C)C)n2)CC1. The molecule has 0 unspecified atom stereocenters. The van der Waals surface area contributed by atoms with Crippen molar-refractivity contribution in [1.29, 1.82) is 0 Å². The Labute approximate surface area is 167 Å². The van der Waals surface area contributed by atoms with Crippen molar-refractivity contribution < 1.29 is 18.8 Å². The molecular weight excluding hydrogens is 360 g/mol. The van der Waals surface area contributed by atoms with E-state index in [9.17, 15) is 4.79 Å². The maximum Gasteiger partial charge on any atom is 0.251 e. The number of rotatable bonds is 6. The lowest BCUT2D eigenvalue weighted by molar-refractivity contribution is -0.147. The highest BCUT2D eigenvalue weighted by Gasteiger charge is 2.28. The van der Waals surface area contributed by atoms with Crippen LogP contribution in [0.5, 0.6) is 0 Å². The lowest BCUT2D eigenvalue weighted by atomic mass is 9.97. The summed E-state index contributed by atoms with van der Waals surface area (Å²) in [5.74, 6) is 1.42. The number of amides is 1. The molecule has 0 saturated carbocycles. The molecule has 2 aliphatic heterocycles. The van der Waals surface area contributed by atoms with Gasteiger partial charge in [0.15, 0.2) is 5.82 Å². The van der Waals surface area contributed by atoms with Crippen molar-refractivity contribution in [2.45, 2.75) is 71.1 Å². The highest BCUT2D eigenvalue weighted by molar-refractivity contribution is 5.80. The molecule has 0 aromatic carbocycles. The summed E-state index contributed by atoms with van der Waals surface area (Å²) in [5.41, 5.74) is -0.144. The van der Waals surface area contributed by atoms with Crippen LogP contribution in [0, 0.1) is 0 Å². The normalized spacial score (nSPS) is 23.0. The van der Waals surface area contributed by atoms with Crippen LogP contribution in [0.4, 0.5) is 0 Å². The summed E-state index contributed by atoms with van der Waals surface area (Å²) in [5, 5.41) is 4.09. The van der Waals surface area contributed by atoms with Crippen LogP contribution in [-0.2, 0) is 26.2 Å². The third-order valence-electron chi connectivity index (χ3n) is 5.31. The van der Waals surface area contributed by atoms with E-state index in [1.807, 2.05) is 11.8 Å². The number of piperazine rings is 1. The van der Waals surface area contributed by atoms with Gasteiger partial charge >= 0.3 is 0 Å². The number of carbonyl (C=O) groups is 1. The molecule has 28 heavy (non-hydrogen) atoms. The van der Waals surface area contributed by atoms with E-state index in [0.717, 1.165) is 32.5 Å². The topological polar surface area (TPSA) is 80.9 Å². The predicted molar refractivity (Wildman–Crippen MR) is 104 cm³/mol. The smallest absolute Gasteiger partial charge is 0.251 e. The van der Waals surface area contributed by atoms with Crippen LogP contribution >= 0.6 is 0 Å². The van der Waals surface area contributed by atoms with Crippen molar-refractivity contribution in [1.82, 2.24) is 19.9 Å². The van der Waals surface area contributed by atoms with Crippen LogP contribution < -0.4 is 0 Å². The van der Waals surface area contributed by atoms with Crippen molar-refractivity contribution in [3.63, 3.8) is 0 Å². The maximum absolute atomic E-state index is 12.7. The number of hydrogen-bond donors (Lipinski definition) is 0. The van der Waals surface area contributed by atoms with Crippen molar-refractivity contribution in [3.8, 4) is 0 Å². The van der Waals surface area contributed by atoms with Crippen LogP contribution in [0.3, 0.4) is 0 Å². The van der Waals surface area contributed by atoms with Gasteiger partial charge in [-0.3, -0.25) is 9.69 Å². The molecule has 2 atom stereocenters. The van der Waals surface area contributed by atoms with Crippen molar-refractivity contribution >= 4 is 5.91 Å². The molecule has 1 aromatic rings. The molecule has 3 heterocycles. The minimum absolute atomic E-state index is 0.0602. The first kappa shape index (κ1) is 21.2. The quantitative estimate of drug-likeness (QED) is 0.730. The molecule has 8 heteroatoms. The Hall–Kier alpha value is -1.51. The number of aromatic nitrogens is 2. The van der Waals surface area contributed by atoms with E-state index in [1.165, 1.54) is 6.42 Å². The average Bonchev–Trinajstić information content (AvgIpc) is 3.16. The summed E-state index contributed by atoms with van der Waals surface area (Å²) in [6.45, 7) is 12.9. The predicted octanol–water partition coefficient (Wildman–Crippen LogP) is 1.99. The van der Waals surface area contributed by atoms with E-state index in [0.29, 0.717) is 38.0 Å². The van der Waals surface area contributed by atoms with E-state index in [2.05, 4.69) is 35.8 Å². The fraction of sp³-hybridized carbons (Fsp3) is 0.850. The van der Waals surface area contributed by atoms with Gasteiger partial charge in [0.25, 0.3) is 5.91 Å². The zero-order valence-electron chi connectivity index (χ0n) is 17.6. The van der Waals surface area contributed by atoms with Crippen LogP contribution in [0.2, 0.25) is 0 Å². The molecule has 0 radical (unpaired) electrons. The molecule has 0 bridgehead atoms. The van der Waals surface area contributed by atoms with E-state index >= 15 is 0 Å². The largest absolute Gasteiger partial charge is 0.376 e. The van der Waals surface area contributed by atoms with Gasteiger partial charge in [0.2, 0.25) is 5.89 Å². The van der Waals surface area contributed by atoms with E-state index < -0.39 is 6.10 Å². The summed E-state index contributed by atoms with van der Waals surface area (Å²) in [7, 11) is 0. The molecule has 0 aliphatic carbocycles. The molecule has 1 amide bonds. The first-order valence-corrected chi connectivity index (χ1v) is 10.4. The Bertz CT molecular complexity index is 628. The standard InChI is InChI=1S/C20H34N4O4/c1-15(27-14-16-7-5-6-12-26-16)18(25)24-10-8-23(9-11-24)13-17-21-19(28-22-17)20(2,3)4/h15-16H,5-14H2,1-4H3/t15-,16+/m0/s1. The second kappa shape index (κ2) is 9.33. The fourth-order valence-corrected chi connectivity index (χ4v) is 3.47. The van der Waals surface area contributed by atoms with E-state index in [4.69, 9.17) is 14.0 Å². The zero-order valence-corrected chi connectivity index (χ0v) is 17.6. The molecule has 1 aromatic heterocycles. The molecular formula is C20H34N4O4. The highest BCUT2D eigenvalue weighted by atomic mass is 16.5. The van der Waals surface area contributed by atoms with Crippen molar-refractivity contribution in [3.05, 3.63) is 11.7 Å². The van der Waals surface area contributed by atoms with Gasteiger partial charge < -0.3 is 18.9 Å². The molecule has 2 aliphatic rings. The Balaban J connectivity index is 1.40. The van der Waals surface area contributed by atoms with Gasteiger partial charge in [-0.2, -0.15) is 4.98 Å². The lowest BCUT2D eigenvalue weighted by Gasteiger charge is -2.35. The summed E-state index contributed by atoms with van der Waals surface area (Å²) >= 11 is 0. The number of hydrogen-bond acceptors (Lipinski definition) is 7. The first-order valence-electron chi connectivity index (χ1n) is 10.4. The third-order valence-corrected chi connectivity index (χ3v) is 5.31. The van der Waals surface area contributed by atoms with Crippen LogP contribution in [-0.4, -0.2) is 77.4 Å². The molecule has 158 valence electrons. The summed E-state index contributed by atoms with van der Waals surface area (Å²) in [6.07, 6.45) is 3.02. The van der Waals surface area contributed by atoms with Gasteiger partial charge in [-0.15, -0.1) is 0 Å². The molecule has 2 saturated heterocycles. The van der Waals surface area contributed by atoms with Crippen LogP contribution in [0.15, 0.2) is 4.52 Å². The van der Waals surface area contributed by atoms with Crippen molar-refractivity contribution in [2.75, 3.05) is 39.4 Å². The summed E-state index contributed by atoms with van der Waals surface area (Å²) in [4.78, 5) is 21.3. The minimum Gasteiger partial charge on any atom is -0.376 e. The van der Waals surface area contributed by atoms with Gasteiger partial charge in [0.1, 0.15) is 6.10 Å². The molecule has 3 rings (SSSR count). The Morgan fingerprint density at radius 1 is 1.25 bits per heavy atom. The number of carbonyl (C=O) groups excluding carboxylic acids is 1. The van der Waals surface area contributed by atoms with Gasteiger partial charge in [-0.05, 0) is 26.2 Å². The highest BCUT2D eigenvalue weighted by Crippen LogP contribution is 2.20. The van der Waals surface area contributed by atoms with E-state index in [-0.39, 0.29) is 17.4 Å². The average molecular weight is 395 g/mol. The maximum atomic E-state index is 12.7. The van der Waals surface area contributed by atoms with Gasteiger partial charge in [0, 0.05) is 38.2 Å². The second-order valence-electron chi connectivity index (χ2n) is 8.83. The van der Waals surface area contributed by atoms with Crippen LogP contribution in [0.25, 0.3) is 0 Å². The Kier molecular flexibility index (Phi) is 7.06. The molecule has 0 spiro atoms. The first-order chi connectivity index (χ1) is 13.3. The molecule has 8 nitrogen and oxygen atoms in total. The fourth-order valence-electron chi connectivity index (χ4n) is 3.47. The van der Waals surface area contributed by atoms with Crippen molar-refractivity contribution in [2.24, 2.45) is 0 Å². The Morgan fingerprint density at radius 2 is 2.00 bits per heavy atom. The van der Waals surface area contributed by atoms with E-state index in [1.54, 1.807) is 0 Å². The summed E-state index contributed by atoms with van der Waals surface area (Å²) < 4.78 is 16.8. The third kappa shape index (κ3) is 5.75. The molecule has 2 fully saturated rings. The lowest BCUT2D eigenvalue weighted by Crippen LogP contribution is -2.51. The zero-order chi connectivity index (χ0) is 20.1. The number of ether oxygens (including phenoxy) is 2. The molecule has 0 N–H and O–H groups in total. The van der Waals surface area contributed by atoms with Gasteiger partial charge in [-0.25, -0.2) is 0 Å². The van der Waals surface area contributed by atoms with Gasteiger partial charge in [-0.1, -0.05) is 25.9 Å². The monoisotopic (exact) mass is 394 g/mol. The second-order valence-corrected chi connectivity index (χ2v) is 8.83. The Morgan fingerprint density at radius 3 is 2.61 bits per heavy atom.